The summed E-state index contributed by atoms with van der Waals surface area (Å²) in [6.45, 7) is 2.84. The number of nitrogens with zero attached hydrogens (tertiary/aromatic N) is 1. The number of allylic oxidation sites excluding steroid dienone is 1. The molecule has 1 aliphatic heterocycles. The zero-order valence-electron chi connectivity index (χ0n) is 12.3. The third kappa shape index (κ3) is 7.77. The molecule has 0 aliphatic carbocycles. The summed E-state index contributed by atoms with van der Waals surface area (Å²) in [6.07, 6.45) is -4.25. The SMILES string of the molecule is C=CC/C(=N\NS(=O)(=O)[O-])S[C@@H]1O[C@H](CO)[C@@H](O)[C@H](O)[C@H]1O.[K+]. The fourth-order valence-corrected chi connectivity index (χ4v) is 3.01. The van der Waals surface area contributed by atoms with E-state index in [4.69, 9.17) is 9.84 Å². The number of thioether (sulfide) groups is 1. The minimum atomic E-state index is -4.79. The van der Waals surface area contributed by atoms with Crippen molar-refractivity contribution in [2.45, 2.75) is 36.3 Å². The zero-order chi connectivity index (χ0) is 16.9. The Morgan fingerprint density at radius 3 is 2.43 bits per heavy atom. The first-order valence-electron chi connectivity index (χ1n) is 6.07. The van der Waals surface area contributed by atoms with Crippen LogP contribution < -0.4 is 56.2 Å². The van der Waals surface area contributed by atoms with E-state index in [0.717, 1.165) is 11.8 Å². The van der Waals surface area contributed by atoms with Crippen molar-refractivity contribution in [3.05, 3.63) is 12.7 Å². The van der Waals surface area contributed by atoms with Gasteiger partial charge in [-0.25, -0.2) is 13.2 Å². The maximum atomic E-state index is 10.5. The van der Waals surface area contributed by atoms with Crippen LogP contribution in [0.2, 0.25) is 0 Å². The van der Waals surface area contributed by atoms with Crippen LogP contribution in [-0.2, 0) is 15.0 Å². The molecule has 1 saturated heterocycles. The summed E-state index contributed by atoms with van der Waals surface area (Å²) in [5.74, 6) is 0. The molecule has 13 heteroatoms. The molecule has 5 N–H and O–H groups in total. The summed E-state index contributed by atoms with van der Waals surface area (Å²) in [5, 5.41) is 41.6. The van der Waals surface area contributed by atoms with Crippen LogP contribution in [0, 0.1) is 0 Å². The minimum Gasteiger partial charge on any atom is -0.730 e. The van der Waals surface area contributed by atoms with Crippen LogP contribution in [0.5, 0.6) is 0 Å². The van der Waals surface area contributed by atoms with Gasteiger partial charge in [-0.05, 0) is 0 Å². The van der Waals surface area contributed by atoms with Crippen LogP contribution in [0.4, 0.5) is 0 Å². The predicted molar refractivity (Wildman–Crippen MR) is 76.4 cm³/mol. The Morgan fingerprint density at radius 1 is 1.35 bits per heavy atom. The molecule has 1 fully saturated rings. The van der Waals surface area contributed by atoms with Crippen molar-refractivity contribution in [1.82, 2.24) is 4.83 Å². The summed E-state index contributed by atoms with van der Waals surface area (Å²) < 4.78 is 36.7. The van der Waals surface area contributed by atoms with Crippen LogP contribution in [0.15, 0.2) is 17.8 Å². The van der Waals surface area contributed by atoms with Crippen molar-refractivity contribution in [2.75, 3.05) is 6.61 Å². The maximum absolute atomic E-state index is 10.5. The largest absolute Gasteiger partial charge is 1.00 e. The van der Waals surface area contributed by atoms with E-state index in [0.29, 0.717) is 0 Å². The molecule has 1 heterocycles. The van der Waals surface area contributed by atoms with Crippen LogP contribution >= 0.6 is 11.8 Å². The molecule has 0 aromatic carbocycles. The van der Waals surface area contributed by atoms with E-state index in [-0.39, 0.29) is 62.8 Å². The first-order chi connectivity index (χ1) is 10.2. The molecule has 1 rings (SSSR count). The zero-order valence-corrected chi connectivity index (χ0v) is 17.0. The summed E-state index contributed by atoms with van der Waals surface area (Å²) in [5.41, 5.74) is -1.13. The summed E-state index contributed by atoms with van der Waals surface area (Å²) in [7, 11) is -4.79. The smallest absolute Gasteiger partial charge is 0.730 e. The molecule has 23 heavy (non-hydrogen) atoms. The van der Waals surface area contributed by atoms with E-state index in [9.17, 15) is 28.3 Å². The molecule has 0 aromatic heterocycles. The third-order valence-corrected chi connectivity index (χ3v) is 4.17. The predicted octanol–water partition coefficient (Wildman–Crippen LogP) is -5.54. The van der Waals surface area contributed by atoms with Crippen molar-refractivity contribution in [3.63, 3.8) is 0 Å². The monoisotopic (exact) mass is 396 g/mol. The van der Waals surface area contributed by atoms with E-state index in [1.807, 2.05) is 0 Å². The second-order valence-electron chi connectivity index (χ2n) is 4.36. The summed E-state index contributed by atoms with van der Waals surface area (Å²) in [6, 6.07) is 0. The molecule has 5 atom stereocenters. The van der Waals surface area contributed by atoms with Gasteiger partial charge in [0, 0.05) is 6.42 Å². The number of rotatable bonds is 6. The Bertz CT molecular complexity index is 515. The number of nitrogens with one attached hydrogen (secondary N) is 1. The number of hydrazone groups is 1. The molecule has 0 amide bonds. The Hall–Kier alpha value is 0.906. The Kier molecular flexibility index (Phi) is 11.2. The van der Waals surface area contributed by atoms with Gasteiger partial charge < -0.3 is 29.7 Å². The molecule has 0 spiro atoms. The average molecular weight is 396 g/mol. The fourth-order valence-electron chi connectivity index (χ4n) is 1.65. The van der Waals surface area contributed by atoms with E-state index in [2.05, 4.69) is 11.7 Å². The third-order valence-electron chi connectivity index (χ3n) is 2.70. The molecule has 1 aliphatic rings. The molecular weight excluding hydrogens is 379 g/mol. The van der Waals surface area contributed by atoms with Crippen molar-refractivity contribution >= 4 is 27.1 Å². The molecule has 0 unspecified atom stereocenters. The van der Waals surface area contributed by atoms with Gasteiger partial charge in [0.1, 0.15) is 34.9 Å². The Morgan fingerprint density at radius 2 is 1.96 bits per heavy atom. The van der Waals surface area contributed by atoms with Crippen LogP contribution in [0.1, 0.15) is 6.42 Å². The van der Waals surface area contributed by atoms with Crippen molar-refractivity contribution in [1.29, 1.82) is 0 Å². The Balaban J connectivity index is 0.00000484. The van der Waals surface area contributed by atoms with E-state index < -0.39 is 46.8 Å². The first-order valence-corrected chi connectivity index (χ1v) is 8.35. The fraction of sp³-hybridized carbons (Fsp3) is 0.700. The van der Waals surface area contributed by atoms with Gasteiger partial charge >= 0.3 is 51.4 Å². The van der Waals surface area contributed by atoms with Gasteiger partial charge in [-0.2, -0.15) is 5.10 Å². The standard InChI is InChI=1S/C10H18N2O8S2.K/c1-2-3-6(11-12-22(17,18)19)21-10-9(16)8(15)7(14)5(4-13)20-10;/h2,5,7-10,12-16H,1,3-4H2,(H,17,18,19);/q;+1/p-1/b11-6+;/t5-,7-,8+,9-,10+;/m1./s1. The second kappa shape index (κ2) is 10.8. The number of hydrogen-bond donors (Lipinski definition) is 5. The van der Waals surface area contributed by atoms with Crippen LogP contribution in [0.25, 0.3) is 0 Å². The van der Waals surface area contributed by atoms with Gasteiger partial charge in [0.15, 0.2) is 10.3 Å². The van der Waals surface area contributed by atoms with E-state index in [1.54, 1.807) is 0 Å². The Labute approximate surface area is 180 Å². The van der Waals surface area contributed by atoms with Crippen LogP contribution in [0.3, 0.4) is 0 Å². The quantitative estimate of drug-likeness (QED) is 0.0733. The van der Waals surface area contributed by atoms with Crippen LogP contribution in [-0.4, -0.2) is 74.9 Å². The molecule has 0 saturated carbocycles. The normalized spacial score (nSPS) is 32.0. The van der Waals surface area contributed by atoms with Crippen molar-refractivity contribution in [3.8, 4) is 0 Å². The molecular formula is C10H17KN2O8S2. The molecule has 128 valence electrons. The van der Waals surface area contributed by atoms with Crippen molar-refractivity contribution < 1.29 is 89.5 Å². The maximum Gasteiger partial charge on any atom is 1.00 e. The van der Waals surface area contributed by atoms with Gasteiger partial charge in [0.2, 0.25) is 0 Å². The van der Waals surface area contributed by atoms with E-state index >= 15 is 0 Å². The molecule has 0 radical (unpaired) electrons. The second-order valence-corrected chi connectivity index (χ2v) is 6.62. The average Bonchev–Trinajstić information content (AvgIpc) is 2.44. The number of hydrogen-bond acceptors (Lipinski definition) is 10. The topological polar surface area (TPSA) is 172 Å². The van der Waals surface area contributed by atoms with Gasteiger partial charge in [0.25, 0.3) is 0 Å². The number of ether oxygens (including phenoxy) is 1. The van der Waals surface area contributed by atoms with Gasteiger partial charge in [0.05, 0.1) is 6.61 Å². The number of aliphatic hydroxyl groups excluding tert-OH is 4. The molecule has 0 bridgehead atoms. The minimum absolute atomic E-state index is 0. The van der Waals surface area contributed by atoms with Crippen molar-refractivity contribution in [2.24, 2.45) is 5.10 Å². The van der Waals surface area contributed by atoms with Gasteiger partial charge in [-0.1, -0.05) is 17.8 Å². The van der Waals surface area contributed by atoms with Gasteiger partial charge in [-0.3, -0.25) is 0 Å². The molecule has 0 aromatic rings. The number of aliphatic hydroxyl groups is 4. The first kappa shape index (κ1) is 23.9. The summed E-state index contributed by atoms with van der Waals surface area (Å²) in [4.78, 5) is 1.39. The molecule has 10 nitrogen and oxygen atoms in total. The van der Waals surface area contributed by atoms with Gasteiger partial charge in [-0.15, -0.1) is 6.58 Å². The van der Waals surface area contributed by atoms with E-state index in [1.165, 1.54) is 10.9 Å². The summed E-state index contributed by atoms with van der Waals surface area (Å²) >= 11 is 0.722.